The Balaban J connectivity index is 2.93. The summed E-state index contributed by atoms with van der Waals surface area (Å²) in [6, 6.07) is 5.02. The minimum Gasteiger partial charge on any atom is -0.415 e. The molecule has 1 rings (SSSR count). The third-order valence-electron chi connectivity index (χ3n) is 1.57. The molecule has 0 aliphatic heterocycles. The molecular formula is C10H6Br2ClNO3. The fourth-order valence-electron chi connectivity index (χ4n) is 0.962. The van der Waals surface area contributed by atoms with Gasteiger partial charge in [0.1, 0.15) is 0 Å². The van der Waals surface area contributed by atoms with Gasteiger partial charge in [-0.15, -0.1) is 0 Å². The van der Waals surface area contributed by atoms with Gasteiger partial charge in [0.25, 0.3) is 0 Å². The lowest BCUT2D eigenvalue weighted by atomic mass is 10.2. The van der Waals surface area contributed by atoms with Gasteiger partial charge in [-0.2, -0.15) is 5.26 Å². The first-order valence-corrected chi connectivity index (χ1v) is 6.38. The molecule has 0 saturated carbocycles. The molecule has 1 aromatic rings. The van der Waals surface area contributed by atoms with Gasteiger partial charge >= 0.3 is 6.16 Å². The average molecular weight is 383 g/mol. The first kappa shape index (κ1) is 14.3. The molecule has 0 heterocycles. The SMILES string of the molecule is CC(Cl)OC(=O)Oc1c(Br)cc(C#N)cc1Br. The molecule has 17 heavy (non-hydrogen) atoms. The van der Waals surface area contributed by atoms with Crippen LogP contribution in [0, 0.1) is 11.3 Å². The van der Waals surface area contributed by atoms with Gasteiger partial charge in [0, 0.05) is 0 Å². The monoisotopic (exact) mass is 381 g/mol. The van der Waals surface area contributed by atoms with Crippen molar-refractivity contribution in [2.75, 3.05) is 0 Å². The molecule has 0 aromatic heterocycles. The molecule has 1 atom stereocenters. The standard InChI is InChI=1S/C10H6Br2ClNO3/c1-5(13)16-10(15)17-9-7(11)2-6(4-14)3-8(9)12/h2-3,5H,1H3. The number of alkyl halides is 1. The van der Waals surface area contributed by atoms with E-state index < -0.39 is 11.7 Å². The highest BCUT2D eigenvalue weighted by atomic mass is 79.9. The van der Waals surface area contributed by atoms with Crippen molar-refractivity contribution >= 4 is 49.6 Å². The van der Waals surface area contributed by atoms with Crippen LogP contribution in [0.4, 0.5) is 4.79 Å². The molecule has 0 N–H and O–H groups in total. The average Bonchev–Trinajstić information content (AvgIpc) is 2.22. The topological polar surface area (TPSA) is 59.3 Å². The zero-order valence-corrected chi connectivity index (χ0v) is 12.5. The molecule has 0 amide bonds. The van der Waals surface area contributed by atoms with Crippen LogP contribution in [0.25, 0.3) is 0 Å². The van der Waals surface area contributed by atoms with Crippen LogP contribution in [-0.2, 0) is 4.74 Å². The molecule has 0 bridgehead atoms. The molecule has 0 spiro atoms. The van der Waals surface area contributed by atoms with Gasteiger partial charge in [-0.3, -0.25) is 0 Å². The number of hydrogen-bond acceptors (Lipinski definition) is 4. The maximum absolute atomic E-state index is 11.2. The van der Waals surface area contributed by atoms with Crippen molar-refractivity contribution in [2.45, 2.75) is 12.5 Å². The van der Waals surface area contributed by atoms with Crippen LogP contribution >= 0.6 is 43.5 Å². The summed E-state index contributed by atoms with van der Waals surface area (Å²) in [5.74, 6) is 0.228. The van der Waals surface area contributed by atoms with Gasteiger partial charge in [0.15, 0.2) is 11.3 Å². The number of nitriles is 1. The summed E-state index contributed by atoms with van der Waals surface area (Å²) in [5.41, 5.74) is -0.353. The number of carbonyl (C=O) groups is 1. The number of hydrogen-bond donors (Lipinski definition) is 0. The van der Waals surface area contributed by atoms with Crippen molar-refractivity contribution in [1.82, 2.24) is 0 Å². The van der Waals surface area contributed by atoms with Crippen LogP contribution in [-0.4, -0.2) is 11.7 Å². The van der Waals surface area contributed by atoms with E-state index in [9.17, 15) is 4.79 Å². The number of ether oxygens (including phenoxy) is 2. The minimum atomic E-state index is -0.918. The van der Waals surface area contributed by atoms with E-state index in [1.54, 1.807) is 0 Å². The molecule has 0 aliphatic rings. The smallest absolute Gasteiger partial charge is 0.415 e. The molecule has 90 valence electrons. The summed E-state index contributed by atoms with van der Waals surface area (Å²) in [5, 5.41) is 8.74. The summed E-state index contributed by atoms with van der Waals surface area (Å²) in [7, 11) is 0. The summed E-state index contributed by atoms with van der Waals surface area (Å²) < 4.78 is 10.5. The van der Waals surface area contributed by atoms with E-state index in [0.29, 0.717) is 14.5 Å². The lowest BCUT2D eigenvalue weighted by Gasteiger charge is -2.10. The van der Waals surface area contributed by atoms with Gasteiger partial charge in [-0.1, -0.05) is 11.6 Å². The molecule has 4 nitrogen and oxygen atoms in total. The van der Waals surface area contributed by atoms with E-state index in [1.165, 1.54) is 19.1 Å². The van der Waals surface area contributed by atoms with E-state index in [0.717, 1.165) is 0 Å². The second-order valence-corrected chi connectivity index (χ2v) is 5.22. The molecule has 0 fully saturated rings. The Labute approximate surface area is 120 Å². The highest BCUT2D eigenvalue weighted by molar-refractivity contribution is 9.11. The fourth-order valence-corrected chi connectivity index (χ4v) is 2.38. The predicted octanol–water partition coefficient (Wildman–Crippen LogP) is 4.18. The Morgan fingerprint density at radius 1 is 1.47 bits per heavy atom. The first-order chi connectivity index (χ1) is 7.93. The van der Waals surface area contributed by atoms with Crippen molar-refractivity contribution in [1.29, 1.82) is 5.26 Å². The second kappa shape index (κ2) is 6.24. The van der Waals surface area contributed by atoms with E-state index in [1.807, 2.05) is 6.07 Å². The number of halogens is 3. The van der Waals surface area contributed by atoms with E-state index in [-0.39, 0.29) is 5.75 Å². The van der Waals surface area contributed by atoms with Crippen LogP contribution in [0.1, 0.15) is 12.5 Å². The molecule has 7 heteroatoms. The number of rotatable bonds is 2. The summed E-state index contributed by atoms with van der Waals surface area (Å²) in [4.78, 5) is 11.2. The number of nitrogens with zero attached hydrogens (tertiary/aromatic N) is 1. The molecule has 0 radical (unpaired) electrons. The molecule has 1 unspecified atom stereocenters. The zero-order valence-electron chi connectivity index (χ0n) is 8.54. The Bertz CT molecular complexity index is 462. The lowest BCUT2D eigenvalue weighted by Crippen LogP contribution is -2.14. The quantitative estimate of drug-likeness (QED) is 0.437. The molecule has 0 aliphatic carbocycles. The van der Waals surface area contributed by atoms with Crippen molar-refractivity contribution in [3.63, 3.8) is 0 Å². The third kappa shape index (κ3) is 4.19. The molecular weight excluding hydrogens is 377 g/mol. The van der Waals surface area contributed by atoms with E-state index in [2.05, 4.69) is 36.6 Å². The number of benzene rings is 1. The van der Waals surface area contributed by atoms with Gasteiger partial charge in [-0.25, -0.2) is 4.79 Å². The predicted molar refractivity (Wildman–Crippen MR) is 69.0 cm³/mol. The van der Waals surface area contributed by atoms with Crippen LogP contribution in [0.3, 0.4) is 0 Å². The van der Waals surface area contributed by atoms with E-state index in [4.69, 9.17) is 21.6 Å². The summed E-state index contributed by atoms with van der Waals surface area (Å²) in [6.07, 6.45) is -0.918. The van der Waals surface area contributed by atoms with Crippen molar-refractivity contribution in [3.8, 4) is 11.8 Å². The summed E-state index contributed by atoms with van der Waals surface area (Å²) >= 11 is 11.8. The Morgan fingerprint density at radius 3 is 2.41 bits per heavy atom. The highest BCUT2D eigenvalue weighted by Gasteiger charge is 2.15. The van der Waals surface area contributed by atoms with Crippen molar-refractivity contribution in [2.24, 2.45) is 0 Å². The van der Waals surface area contributed by atoms with Crippen LogP contribution < -0.4 is 4.74 Å². The Hall–Kier alpha value is -0.770. The summed E-state index contributed by atoms with van der Waals surface area (Å²) in [6.45, 7) is 1.49. The van der Waals surface area contributed by atoms with Crippen molar-refractivity contribution in [3.05, 3.63) is 26.6 Å². The van der Waals surface area contributed by atoms with Crippen LogP contribution in [0.15, 0.2) is 21.1 Å². The second-order valence-electron chi connectivity index (χ2n) is 2.89. The van der Waals surface area contributed by atoms with Crippen molar-refractivity contribution < 1.29 is 14.3 Å². The minimum absolute atomic E-state index is 0.228. The molecule has 0 saturated heterocycles. The third-order valence-corrected chi connectivity index (χ3v) is 2.84. The van der Waals surface area contributed by atoms with Gasteiger partial charge < -0.3 is 9.47 Å². The van der Waals surface area contributed by atoms with Crippen LogP contribution in [0.5, 0.6) is 5.75 Å². The van der Waals surface area contributed by atoms with Gasteiger partial charge in [0.05, 0.1) is 20.6 Å². The van der Waals surface area contributed by atoms with E-state index >= 15 is 0 Å². The van der Waals surface area contributed by atoms with Crippen LogP contribution in [0.2, 0.25) is 0 Å². The first-order valence-electron chi connectivity index (χ1n) is 4.35. The normalized spacial score (nSPS) is 11.5. The number of carbonyl (C=O) groups excluding carboxylic acids is 1. The maximum atomic E-state index is 11.2. The largest absolute Gasteiger partial charge is 0.515 e. The Morgan fingerprint density at radius 2 is 2.00 bits per heavy atom. The van der Waals surface area contributed by atoms with Gasteiger partial charge in [0.2, 0.25) is 0 Å². The molecule has 1 aromatic carbocycles. The maximum Gasteiger partial charge on any atom is 0.515 e. The highest BCUT2D eigenvalue weighted by Crippen LogP contribution is 2.34. The Kier molecular flexibility index (Phi) is 5.25. The van der Waals surface area contributed by atoms with Gasteiger partial charge in [-0.05, 0) is 50.9 Å². The fraction of sp³-hybridized carbons (Fsp3) is 0.200. The lowest BCUT2D eigenvalue weighted by molar-refractivity contribution is 0.0918. The zero-order chi connectivity index (χ0) is 13.0.